The summed E-state index contributed by atoms with van der Waals surface area (Å²) in [5.74, 6) is 0.0995. The number of carboxylic acid groups (broad SMARTS) is 1. The van der Waals surface area contributed by atoms with E-state index in [2.05, 4.69) is 6.08 Å². The number of benzene rings is 4. The molecule has 0 amide bonds. The monoisotopic (exact) mass is 568 g/mol. The molecule has 0 aliphatic carbocycles. The van der Waals surface area contributed by atoms with Gasteiger partial charge in [0.25, 0.3) is 0 Å². The molecule has 4 aromatic carbocycles. The standard InChI is InChI=1S/C31H24ClF3O3S/c1-20-18-25(14-15-29(20)38-19-30(36)37)39-17-16-26(22-10-12-24(32)13-11-22)21-6-8-23(9-7-21)27-4-2-3-5-28(27)31(33,34)35/h2-16,18H,17,19H2,1H3,(H,36,37). The van der Waals surface area contributed by atoms with Crippen molar-refractivity contribution in [3.05, 3.63) is 124 Å². The van der Waals surface area contributed by atoms with Crippen LogP contribution in [-0.4, -0.2) is 23.4 Å². The quantitative estimate of drug-likeness (QED) is 0.205. The second kappa shape index (κ2) is 12.5. The van der Waals surface area contributed by atoms with Crippen molar-refractivity contribution in [1.82, 2.24) is 0 Å². The molecule has 0 saturated carbocycles. The second-order valence-corrected chi connectivity index (χ2v) is 10.2. The van der Waals surface area contributed by atoms with E-state index in [1.54, 1.807) is 48.2 Å². The van der Waals surface area contributed by atoms with Gasteiger partial charge in [0.15, 0.2) is 6.61 Å². The van der Waals surface area contributed by atoms with Crippen LogP contribution in [0.3, 0.4) is 0 Å². The maximum Gasteiger partial charge on any atom is 0.417 e. The van der Waals surface area contributed by atoms with Crippen molar-refractivity contribution in [2.45, 2.75) is 18.0 Å². The third kappa shape index (κ3) is 7.46. The van der Waals surface area contributed by atoms with E-state index in [0.717, 1.165) is 33.2 Å². The lowest BCUT2D eigenvalue weighted by atomic mass is 9.94. The Hall–Kier alpha value is -3.68. The summed E-state index contributed by atoms with van der Waals surface area (Å²) in [5.41, 5.74) is 3.49. The van der Waals surface area contributed by atoms with Gasteiger partial charge in [0, 0.05) is 15.7 Å². The lowest BCUT2D eigenvalue weighted by Gasteiger charge is -2.14. The van der Waals surface area contributed by atoms with Crippen LogP contribution in [0.5, 0.6) is 5.75 Å². The summed E-state index contributed by atoms with van der Waals surface area (Å²) in [5, 5.41) is 9.42. The number of ether oxygens (including phenoxy) is 1. The Morgan fingerprint density at radius 2 is 1.59 bits per heavy atom. The number of thioether (sulfide) groups is 1. The van der Waals surface area contributed by atoms with Gasteiger partial charge in [-0.2, -0.15) is 13.2 Å². The van der Waals surface area contributed by atoms with Gasteiger partial charge in [0.05, 0.1) is 5.56 Å². The van der Waals surface area contributed by atoms with E-state index in [0.29, 0.717) is 22.1 Å². The molecular formula is C31H24ClF3O3S. The molecule has 3 nitrogen and oxygen atoms in total. The molecule has 0 saturated heterocycles. The number of carboxylic acids is 1. The summed E-state index contributed by atoms with van der Waals surface area (Å²) in [6, 6.07) is 25.6. The molecule has 4 aromatic rings. The molecule has 0 aliphatic heterocycles. The zero-order chi connectivity index (χ0) is 28.0. The maximum absolute atomic E-state index is 13.5. The van der Waals surface area contributed by atoms with Gasteiger partial charge < -0.3 is 9.84 Å². The predicted molar refractivity (Wildman–Crippen MR) is 150 cm³/mol. The van der Waals surface area contributed by atoms with Crippen LogP contribution in [-0.2, 0) is 11.0 Å². The summed E-state index contributed by atoms with van der Waals surface area (Å²) in [6.45, 7) is 1.45. The minimum atomic E-state index is -4.44. The normalized spacial score (nSPS) is 11.9. The molecule has 0 radical (unpaired) electrons. The zero-order valence-electron chi connectivity index (χ0n) is 20.8. The fourth-order valence-corrected chi connectivity index (χ4v) is 5.07. The first-order chi connectivity index (χ1) is 18.6. The minimum absolute atomic E-state index is 0.135. The molecule has 200 valence electrons. The van der Waals surface area contributed by atoms with E-state index in [1.165, 1.54) is 12.1 Å². The van der Waals surface area contributed by atoms with Gasteiger partial charge in [-0.1, -0.05) is 72.3 Å². The number of aliphatic carboxylic acids is 1. The van der Waals surface area contributed by atoms with Gasteiger partial charge in [-0.05, 0) is 76.7 Å². The Balaban J connectivity index is 1.59. The number of halogens is 4. The summed E-state index contributed by atoms with van der Waals surface area (Å²) in [4.78, 5) is 11.8. The van der Waals surface area contributed by atoms with Crippen LogP contribution < -0.4 is 4.74 Å². The molecule has 0 fully saturated rings. The highest BCUT2D eigenvalue weighted by atomic mass is 35.5. The van der Waals surface area contributed by atoms with Crippen molar-refractivity contribution < 1.29 is 27.8 Å². The van der Waals surface area contributed by atoms with Crippen LogP contribution in [0.2, 0.25) is 5.02 Å². The number of aryl methyl sites for hydroxylation is 1. The molecule has 0 heterocycles. The predicted octanol–water partition coefficient (Wildman–Crippen LogP) is 9.02. The lowest BCUT2D eigenvalue weighted by Crippen LogP contribution is -2.09. The van der Waals surface area contributed by atoms with Crippen molar-refractivity contribution in [3.63, 3.8) is 0 Å². The van der Waals surface area contributed by atoms with Crippen LogP contribution in [0, 0.1) is 6.92 Å². The Labute approximate surface area is 233 Å². The van der Waals surface area contributed by atoms with E-state index >= 15 is 0 Å². The third-order valence-electron chi connectivity index (χ3n) is 5.93. The number of hydrogen-bond donors (Lipinski definition) is 1. The molecule has 39 heavy (non-hydrogen) atoms. The molecule has 1 N–H and O–H groups in total. The molecule has 0 aromatic heterocycles. The highest BCUT2D eigenvalue weighted by molar-refractivity contribution is 7.99. The molecule has 0 aliphatic rings. The van der Waals surface area contributed by atoms with Crippen molar-refractivity contribution in [2.24, 2.45) is 0 Å². The van der Waals surface area contributed by atoms with E-state index in [9.17, 15) is 18.0 Å². The van der Waals surface area contributed by atoms with Crippen LogP contribution in [0.1, 0.15) is 22.3 Å². The average Bonchev–Trinajstić information content (AvgIpc) is 2.91. The zero-order valence-corrected chi connectivity index (χ0v) is 22.4. The van der Waals surface area contributed by atoms with E-state index in [-0.39, 0.29) is 5.56 Å². The molecule has 0 unspecified atom stereocenters. The fourth-order valence-electron chi connectivity index (χ4n) is 4.08. The molecule has 0 bridgehead atoms. The number of hydrogen-bond acceptors (Lipinski definition) is 3. The van der Waals surface area contributed by atoms with Gasteiger partial charge >= 0.3 is 12.1 Å². The van der Waals surface area contributed by atoms with Crippen LogP contribution in [0.4, 0.5) is 13.2 Å². The lowest BCUT2D eigenvalue weighted by molar-refractivity contribution is -0.139. The Morgan fingerprint density at radius 1 is 0.949 bits per heavy atom. The van der Waals surface area contributed by atoms with Crippen LogP contribution in [0.25, 0.3) is 16.7 Å². The smallest absolute Gasteiger partial charge is 0.417 e. The number of carbonyl (C=O) groups is 1. The van der Waals surface area contributed by atoms with Crippen molar-refractivity contribution in [2.75, 3.05) is 12.4 Å². The summed E-state index contributed by atoms with van der Waals surface area (Å²) in [7, 11) is 0. The van der Waals surface area contributed by atoms with Gasteiger partial charge in [-0.25, -0.2) is 4.79 Å². The topological polar surface area (TPSA) is 46.5 Å². The van der Waals surface area contributed by atoms with E-state index < -0.39 is 24.3 Å². The Bertz CT molecular complexity index is 1480. The van der Waals surface area contributed by atoms with Crippen LogP contribution in [0.15, 0.2) is 102 Å². The van der Waals surface area contributed by atoms with Crippen molar-refractivity contribution >= 4 is 34.9 Å². The first kappa shape index (κ1) is 28.3. The molecular weight excluding hydrogens is 545 g/mol. The van der Waals surface area contributed by atoms with Crippen LogP contribution >= 0.6 is 23.4 Å². The minimum Gasteiger partial charge on any atom is -0.482 e. The summed E-state index contributed by atoms with van der Waals surface area (Å²) >= 11 is 7.69. The van der Waals surface area contributed by atoms with Crippen molar-refractivity contribution in [1.29, 1.82) is 0 Å². The van der Waals surface area contributed by atoms with Gasteiger partial charge in [0.1, 0.15) is 5.75 Å². The average molecular weight is 569 g/mol. The molecule has 4 rings (SSSR count). The molecule has 8 heteroatoms. The number of alkyl halides is 3. The highest BCUT2D eigenvalue weighted by Crippen LogP contribution is 2.37. The number of rotatable bonds is 9. The van der Waals surface area contributed by atoms with E-state index in [4.69, 9.17) is 21.4 Å². The first-order valence-corrected chi connectivity index (χ1v) is 13.3. The molecule has 0 spiro atoms. The molecule has 0 atom stereocenters. The largest absolute Gasteiger partial charge is 0.482 e. The third-order valence-corrected chi connectivity index (χ3v) is 7.10. The summed E-state index contributed by atoms with van der Waals surface area (Å²) < 4.78 is 45.9. The summed E-state index contributed by atoms with van der Waals surface area (Å²) in [6.07, 6.45) is -2.38. The highest BCUT2D eigenvalue weighted by Gasteiger charge is 2.33. The Kier molecular flexibility index (Phi) is 9.04. The SMILES string of the molecule is Cc1cc(SCC=C(c2ccc(Cl)cc2)c2ccc(-c3ccccc3C(F)(F)F)cc2)ccc1OCC(=O)O. The fraction of sp³-hybridized carbons (Fsp3) is 0.129. The van der Waals surface area contributed by atoms with E-state index in [1.807, 2.05) is 43.3 Å². The van der Waals surface area contributed by atoms with Gasteiger partial charge in [0.2, 0.25) is 0 Å². The first-order valence-electron chi connectivity index (χ1n) is 11.9. The Morgan fingerprint density at radius 3 is 2.21 bits per heavy atom. The van der Waals surface area contributed by atoms with Crippen molar-refractivity contribution in [3.8, 4) is 16.9 Å². The van der Waals surface area contributed by atoms with Gasteiger partial charge in [-0.15, -0.1) is 11.8 Å². The maximum atomic E-state index is 13.5. The second-order valence-electron chi connectivity index (χ2n) is 8.67. The van der Waals surface area contributed by atoms with Gasteiger partial charge in [-0.3, -0.25) is 0 Å².